The molecule has 1 amide bonds. The molecule has 2 aliphatic rings. The molecule has 0 saturated carbocycles. The summed E-state index contributed by atoms with van der Waals surface area (Å²) >= 11 is 0. The average Bonchev–Trinajstić information content (AvgIpc) is 3.48. The molecule has 7 heteroatoms. The Morgan fingerprint density at radius 3 is 2.29 bits per heavy atom. The van der Waals surface area contributed by atoms with Gasteiger partial charge in [0.15, 0.2) is 5.79 Å². The largest absolute Gasteiger partial charge is 0.497 e. The zero-order valence-electron chi connectivity index (χ0n) is 19.9. The number of ether oxygens (including phenoxy) is 4. The summed E-state index contributed by atoms with van der Waals surface area (Å²) in [6.45, 7) is 4.45. The van der Waals surface area contributed by atoms with Crippen LogP contribution in [0.15, 0.2) is 54.6 Å². The molecule has 0 bridgehead atoms. The lowest BCUT2D eigenvalue weighted by atomic mass is 10.0. The first-order valence-corrected chi connectivity index (χ1v) is 11.6. The van der Waals surface area contributed by atoms with E-state index in [0.717, 1.165) is 22.6 Å². The van der Waals surface area contributed by atoms with Gasteiger partial charge in [-0.15, -0.1) is 0 Å². The SMILES string of the molecule is COc1ccc(-n2c(-c3ccccc3)cc(C(=O)N3CCC4(CC3)OCCO4)c2C)c(OC)c1. The molecule has 0 N–H and O–H groups in total. The summed E-state index contributed by atoms with van der Waals surface area (Å²) in [7, 11) is 3.27. The minimum absolute atomic E-state index is 0.0220. The van der Waals surface area contributed by atoms with Crippen molar-refractivity contribution in [1.82, 2.24) is 9.47 Å². The van der Waals surface area contributed by atoms with Gasteiger partial charge in [-0.25, -0.2) is 0 Å². The molecule has 1 aromatic heterocycles. The highest BCUT2D eigenvalue weighted by Crippen LogP contribution is 2.37. The Morgan fingerprint density at radius 1 is 0.941 bits per heavy atom. The van der Waals surface area contributed by atoms with Gasteiger partial charge in [-0.1, -0.05) is 30.3 Å². The molecule has 1 spiro atoms. The molecule has 34 heavy (non-hydrogen) atoms. The van der Waals surface area contributed by atoms with Crippen LogP contribution in [0.3, 0.4) is 0 Å². The lowest BCUT2D eigenvalue weighted by Crippen LogP contribution is -2.47. The summed E-state index contributed by atoms with van der Waals surface area (Å²) in [6, 6.07) is 17.8. The first-order chi connectivity index (χ1) is 16.5. The molecule has 0 atom stereocenters. The predicted octanol–water partition coefficient (Wildman–Crippen LogP) is 4.45. The second-order valence-corrected chi connectivity index (χ2v) is 8.67. The number of rotatable bonds is 5. The Balaban J connectivity index is 1.55. The summed E-state index contributed by atoms with van der Waals surface area (Å²) in [5, 5.41) is 0. The molecule has 2 saturated heterocycles. The molecule has 0 radical (unpaired) electrons. The highest BCUT2D eigenvalue weighted by molar-refractivity contribution is 5.97. The Kier molecular flexibility index (Phi) is 6.06. The fourth-order valence-corrected chi connectivity index (χ4v) is 4.93. The molecule has 0 aliphatic carbocycles. The van der Waals surface area contributed by atoms with Crippen LogP contribution in [0.5, 0.6) is 11.5 Å². The Morgan fingerprint density at radius 2 is 1.65 bits per heavy atom. The fraction of sp³-hybridized carbons (Fsp3) is 0.370. The van der Waals surface area contributed by atoms with Gasteiger partial charge in [0.05, 0.1) is 44.4 Å². The summed E-state index contributed by atoms with van der Waals surface area (Å²) in [4.78, 5) is 15.6. The number of nitrogens with zero attached hydrogens (tertiary/aromatic N) is 2. The maximum Gasteiger partial charge on any atom is 0.255 e. The maximum atomic E-state index is 13.7. The second-order valence-electron chi connectivity index (χ2n) is 8.67. The van der Waals surface area contributed by atoms with Crippen molar-refractivity contribution >= 4 is 5.91 Å². The van der Waals surface area contributed by atoms with Crippen molar-refractivity contribution in [2.45, 2.75) is 25.6 Å². The van der Waals surface area contributed by atoms with Crippen LogP contribution < -0.4 is 9.47 Å². The van der Waals surface area contributed by atoms with Crippen LogP contribution in [0, 0.1) is 6.92 Å². The minimum Gasteiger partial charge on any atom is -0.497 e. The van der Waals surface area contributed by atoms with Crippen LogP contribution in [0.1, 0.15) is 28.9 Å². The number of piperidine rings is 1. The highest BCUT2D eigenvalue weighted by atomic mass is 16.7. The van der Waals surface area contributed by atoms with E-state index in [9.17, 15) is 4.79 Å². The fourth-order valence-electron chi connectivity index (χ4n) is 4.93. The first-order valence-electron chi connectivity index (χ1n) is 11.6. The van der Waals surface area contributed by atoms with Crippen molar-refractivity contribution in [3.05, 3.63) is 65.9 Å². The maximum absolute atomic E-state index is 13.7. The number of amides is 1. The van der Waals surface area contributed by atoms with Gasteiger partial charge in [0.2, 0.25) is 0 Å². The van der Waals surface area contributed by atoms with E-state index >= 15 is 0 Å². The smallest absolute Gasteiger partial charge is 0.255 e. The van der Waals surface area contributed by atoms with E-state index in [1.165, 1.54) is 0 Å². The summed E-state index contributed by atoms with van der Waals surface area (Å²) < 4.78 is 24.8. The molecular formula is C27H30N2O5. The number of hydrogen-bond donors (Lipinski definition) is 0. The normalized spacial score (nSPS) is 17.2. The number of carbonyl (C=O) groups is 1. The van der Waals surface area contributed by atoms with Gasteiger partial charge in [-0.05, 0) is 30.7 Å². The van der Waals surface area contributed by atoms with Crippen molar-refractivity contribution in [1.29, 1.82) is 0 Å². The Bertz CT molecular complexity index is 1170. The molecule has 2 fully saturated rings. The summed E-state index contributed by atoms with van der Waals surface area (Å²) in [5.74, 6) is 0.892. The topological polar surface area (TPSA) is 62.2 Å². The zero-order valence-corrected chi connectivity index (χ0v) is 19.9. The van der Waals surface area contributed by atoms with E-state index in [0.29, 0.717) is 56.2 Å². The molecule has 2 aliphatic heterocycles. The van der Waals surface area contributed by atoms with E-state index in [2.05, 4.69) is 16.7 Å². The molecule has 5 rings (SSSR count). The monoisotopic (exact) mass is 462 g/mol. The standard InChI is InChI=1S/C27H30N2O5/c1-19-22(26(30)28-13-11-27(12-14-28)33-15-16-34-27)18-24(20-7-5-4-6-8-20)29(19)23-10-9-21(31-2)17-25(23)32-3/h4-10,17-18H,11-16H2,1-3H3. The van der Waals surface area contributed by atoms with Crippen molar-refractivity contribution < 1.29 is 23.7 Å². The number of likely N-dealkylation sites (tertiary alicyclic amines) is 1. The van der Waals surface area contributed by atoms with Crippen LogP contribution in [0.25, 0.3) is 16.9 Å². The van der Waals surface area contributed by atoms with Gasteiger partial charge in [0.1, 0.15) is 11.5 Å². The molecular weight excluding hydrogens is 432 g/mol. The summed E-state index contributed by atoms with van der Waals surface area (Å²) in [6.07, 6.45) is 1.38. The van der Waals surface area contributed by atoms with Gasteiger partial charge >= 0.3 is 0 Å². The minimum atomic E-state index is -0.511. The zero-order chi connectivity index (χ0) is 23.7. The van der Waals surface area contributed by atoms with E-state index < -0.39 is 5.79 Å². The predicted molar refractivity (Wildman–Crippen MR) is 129 cm³/mol. The number of benzene rings is 2. The highest BCUT2D eigenvalue weighted by Gasteiger charge is 2.41. The van der Waals surface area contributed by atoms with Gasteiger partial charge in [0.25, 0.3) is 5.91 Å². The van der Waals surface area contributed by atoms with E-state index in [-0.39, 0.29) is 5.91 Å². The number of carbonyl (C=O) groups excluding carboxylic acids is 1. The number of methoxy groups -OCH3 is 2. The third-order valence-electron chi connectivity index (χ3n) is 6.80. The van der Waals surface area contributed by atoms with Gasteiger partial charge in [-0.2, -0.15) is 0 Å². The molecule has 3 aromatic rings. The van der Waals surface area contributed by atoms with Crippen LogP contribution in [-0.2, 0) is 9.47 Å². The molecule has 0 unspecified atom stereocenters. The third kappa shape index (κ3) is 3.95. The van der Waals surface area contributed by atoms with Crippen LogP contribution >= 0.6 is 0 Å². The summed E-state index contributed by atoms with van der Waals surface area (Å²) in [5.41, 5.74) is 4.35. The van der Waals surface area contributed by atoms with E-state index in [4.69, 9.17) is 18.9 Å². The van der Waals surface area contributed by atoms with Gasteiger partial charge in [-0.3, -0.25) is 4.79 Å². The van der Waals surface area contributed by atoms with E-state index in [1.54, 1.807) is 14.2 Å². The first kappa shape index (κ1) is 22.5. The molecule has 3 heterocycles. The Labute approximate surface area is 199 Å². The van der Waals surface area contributed by atoms with Gasteiger partial charge in [0, 0.05) is 37.7 Å². The quantitative estimate of drug-likeness (QED) is 0.561. The number of hydrogen-bond acceptors (Lipinski definition) is 5. The van der Waals surface area contributed by atoms with Crippen LogP contribution in [0.2, 0.25) is 0 Å². The van der Waals surface area contributed by atoms with Crippen molar-refractivity contribution in [3.8, 4) is 28.4 Å². The second kappa shape index (κ2) is 9.16. The van der Waals surface area contributed by atoms with Crippen LogP contribution in [0.4, 0.5) is 0 Å². The molecule has 7 nitrogen and oxygen atoms in total. The molecule has 178 valence electrons. The molecule has 2 aromatic carbocycles. The van der Waals surface area contributed by atoms with Crippen LogP contribution in [-0.4, -0.2) is 61.7 Å². The average molecular weight is 463 g/mol. The van der Waals surface area contributed by atoms with E-state index in [1.807, 2.05) is 54.3 Å². The lowest BCUT2D eigenvalue weighted by Gasteiger charge is -2.37. The van der Waals surface area contributed by atoms with Gasteiger partial charge < -0.3 is 28.4 Å². The third-order valence-corrected chi connectivity index (χ3v) is 6.80. The van der Waals surface area contributed by atoms with Crippen molar-refractivity contribution in [2.24, 2.45) is 0 Å². The lowest BCUT2D eigenvalue weighted by molar-refractivity contribution is -0.181. The Hall–Kier alpha value is -3.29. The number of aromatic nitrogens is 1. The van der Waals surface area contributed by atoms with Crippen molar-refractivity contribution in [3.63, 3.8) is 0 Å². The van der Waals surface area contributed by atoms with Crippen molar-refractivity contribution in [2.75, 3.05) is 40.5 Å².